The van der Waals surface area contributed by atoms with Gasteiger partial charge in [-0.2, -0.15) is 0 Å². The number of hydrogen-bond acceptors (Lipinski definition) is 0. The summed E-state index contributed by atoms with van der Waals surface area (Å²) in [5.41, 5.74) is 15.0. The fourth-order valence-electron chi connectivity index (χ4n) is 4.89. The molecule has 4 aromatic carbocycles. The van der Waals surface area contributed by atoms with Crippen molar-refractivity contribution in [3.8, 4) is 0 Å². The van der Waals surface area contributed by atoms with Crippen molar-refractivity contribution in [1.29, 1.82) is 0 Å². The lowest BCUT2D eigenvalue weighted by molar-refractivity contribution is 1.37. The predicted octanol–water partition coefficient (Wildman–Crippen LogP) is 10.0. The van der Waals surface area contributed by atoms with Crippen LogP contribution in [0.1, 0.15) is 66.8 Å². The van der Waals surface area contributed by atoms with Crippen LogP contribution in [0.3, 0.4) is 0 Å². The Morgan fingerprint density at radius 3 is 0.611 bits per heavy atom. The summed E-state index contributed by atoms with van der Waals surface area (Å²) in [6.45, 7) is 12.9. The Kier molecular flexibility index (Phi) is 7.86. The van der Waals surface area contributed by atoms with Gasteiger partial charge in [0.2, 0.25) is 0 Å². The third-order valence-corrected chi connectivity index (χ3v) is 6.14. The molecule has 0 fully saturated rings. The summed E-state index contributed by atoms with van der Waals surface area (Å²) in [6.07, 6.45) is 13.3. The Balaban J connectivity index is 1.70. The van der Waals surface area contributed by atoms with Gasteiger partial charge in [0.25, 0.3) is 0 Å². The van der Waals surface area contributed by atoms with Crippen LogP contribution >= 0.6 is 0 Å². The molecule has 0 spiro atoms. The average Bonchev–Trinajstić information content (AvgIpc) is 2.78. The molecule has 0 radical (unpaired) electrons. The zero-order valence-electron chi connectivity index (χ0n) is 22.4. The first kappa shape index (κ1) is 25.2. The average molecular weight is 469 g/mol. The van der Waals surface area contributed by atoms with Crippen molar-refractivity contribution in [3.63, 3.8) is 0 Å². The Labute approximate surface area is 217 Å². The van der Waals surface area contributed by atoms with Gasteiger partial charge in [-0.3, -0.25) is 0 Å². The van der Waals surface area contributed by atoms with Gasteiger partial charge in [-0.05, 0) is 93.1 Å². The molecule has 0 nitrogen and oxygen atoms in total. The second kappa shape index (κ2) is 11.2. The maximum atomic E-state index is 2.26. The van der Waals surface area contributed by atoms with Gasteiger partial charge in [0.05, 0.1) is 0 Å². The van der Waals surface area contributed by atoms with Gasteiger partial charge in [0, 0.05) is 0 Å². The van der Waals surface area contributed by atoms with E-state index in [1.165, 1.54) is 66.8 Å². The van der Waals surface area contributed by atoms with Gasteiger partial charge in [-0.25, -0.2) is 0 Å². The van der Waals surface area contributed by atoms with E-state index in [0.29, 0.717) is 0 Å². The first-order chi connectivity index (χ1) is 17.2. The topological polar surface area (TPSA) is 0 Å². The Morgan fingerprint density at radius 1 is 0.250 bits per heavy atom. The fraction of sp³-hybridized carbons (Fsp3) is 0.167. The van der Waals surface area contributed by atoms with Crippen molar-refractivity contribution in [2.75, 3.05) is 0 Å². The van der Waals surface area contributed by atoms with Crippen molar-refractivity contribution in [2.45, 2.75) is 41.5 Å². The second-order valence-corrected chi connectivity index (χ2v) is 10.2. The van der Waals surface area contributed by atoms with Crippen LogP contribution in [-0.2, 0) is 0 Å². The van der Waals surface area contributed by atoms with Crippen molar-refractivity contribution < 1.29 is 0 Å². The lowest BCUT2D eigenvalue weighted by Gasteiger charge is -2.05. The molecule has 180 valence electrons. The third-order valence-electron chi connectivity index (χ3n) is 6.14. The molecule has 0 heteroatoms. The van der Waals surface area contributed by atoms with Crippen molar-refractivity contribution in [2.24, 2.45) is 0 Å². The van der Waals surface area contributed by atoms with E-state index in [1.807, 2.05) is 0 Å². The zero-order valence-corrected chi connectivity index (χ0v) is 22.4. The van der Waals surface area contributed by atoms with Crippen LogP contribution in [0, 0.1) is 41.5 Å². The standard InChI is InChI=1S/C36H36/c1-25-13-26(2)17-31(16-25)7-10-34-22-35(11-8-32-18-27(3)14-28(4)19-32)24-36(23-34)12-9-33-20-29(5)15-30(6)21-33/h7-24H,1-6H3/b10-7+,11-8+,12-9+. The molecule has 0 aromatic heterocycles. The van der Waals surface area contributed by atoms with E-state index in [-0.39, 0.29) is 0 Å². The summed E-state index contributed by atoms with van der Waals surface area (Å²) >= 11 is 0. The lowest BCUT2D eigenvalue weighted by atomic mass is 10.0. The van der Waals surface area contributed by atoms with Gasteiger partial charge < -0.3 is 0 Å². The maximum absolute atomic E-state index is 2.26. The lowest BCUT2D eigenvalue weighted by Crippen LogP contribution is -1.84. The van der Waals surface area contributed by atoms with Crippen molar-refractivity contribution in [3.05, 3.63) is 140 Å². The monoisotopic (exact) mass is 468 g/mol. The van der Waals surface area contributed by atoms with Gasteiger partial charge in [-0.1, -0.05) is 124 Å². The Hall–Kier alpha value is -3.90. The summed E-state index contributed by atoms with van der Waals surface area (Å²) in [5.74, 6) is 0. The second-order valence-electron chi connectivity index (χ2n) is 10.2. The highest BCUT2D eigenvalue weighted by Crippen LogP contribution is 2.21. The summed E-state index contributed by atoms with van der Waals surface area (Å²) in [5, 5.41) is 0. The van der Waals surface area contributed by atoms with Gasteiger partial charge in [0.15, 0.2) is 0 Å². The normalized spacial score (nSPS) is 11.8. The van der Waals surface area contributed by atoms with Gasteiger partial charge >= 0.3 is 0 Å². The highest BCUT2D eigenvalue weighted by Gasteiger charge is 1.99. The molecule has 0 heterocycles. The quantitative estimate of drug-likeness (QED) is 0.247. The molecule has 4 rings (SSSR count). The molecular weight excluding hydrogens is 432 g/mol. The molecule has 0 amide bonds. The van der Waals surface area contributed by atoms with E-state index < -0.39 is 0 Å². The minimum atomic E-state index is 1.19. The van der Waals surface area contributed by atoms with Gasteiger partial charge in [0.1, 0.15) is 0 Å². The van der Waals surface area contributed by atoms with Gasteiger partial charge in [-0.15, -0.1) is 0 Å². The van der Waals surface area contributed by atoms with E-state index in [9.17, 15) is 0 Å². The zero-order chi connectivity index (χ0) is 25.7. The van der Waals surface area contributed by atoms with Crippen LogP contribution in [0.25, 0.3) is 36.5 Å². The molecule has 0 N–H and O–H groups in total. The largest absolute Gasteiger partial charge is 0.0563 e. The van der Waals surface area contributed by atoms with E-state index in [0.717, 1.165) is 0 Å². The first-order valence-corrected chi connectivity index (χ1v) is 12.7. The molecule has 0 bridgehead atoms. The molecule has 0 saturated carbocycles. The number of rotatable bonds is 6. The van der Waals surface area contributed by atoms with Crippen LogP contribution in [0.5, 0.6) is 0 Å². The van der Waals surface area contributed by atoms with Crippen molar-refractivity contribution in [1.82, 2.24) is 0 Å². The SMILES string of the molecule is Cc1cc(C)cc(/C=C/c2cc(/C=C/c3cc(C)cc(C)c3)cc(/C=C/c3cc(C)cc(C)c3)c2)c1. The van der Waals surface area contributed by atoms with E-state index >= 15 is 0 Å². The van der Waals surface area contributed by atoms with Crippen LogP contribution in [0.4, 0.5) is 0 Å². The fourth-order valence-corrected chi connectivity index (χ4v) is 4.89. The maximum Gasteiger partial charge on any atom is -0.0245 e. The first-order valence-electron chi connectivity index (χ1n) is 12.7. The molecule has 0 aliphatic heterocycles. The van der Waals surface area contributed by atoms with E-state index in [1.54, 1.807) is 0 Å². The summed E-state index contributed by atoms with van der Waals surface area (Å²) in [6, 6.07) is 26.8. The van der Waals surface area contributed by atoms with Crippen LogP contribution in [0.2, 0.25) is 0 Å². The molecule has 36 heavy (non-hydrogen) atoms. The number of benzene rings is 4. The summed E-state index contributed by atoms with van der Waals surface area (Å²) in [4.78, 5) is 0. The highest BCUT2D eigenvalue weighted by molar-refractivity contribution is 5.79. The van der Waals surface area contributed by atoms with Crippen LogP contribution < -0.4 is 0 Å². The Bertz CT molecular complexity index is 1220. The Morgan fingerprint density at radius 2 is 0.417 bits per heavy atom. The molecule has 0 atom stereocenters. The van der Waals surface area contributed by atoms with Crippen molar-refractivity contribution >= 4 is 36.5 Å². The third kappa shape index (κ3) is 7.30. The predicted molar refractivity (Wildman–Crippen MR) is 161 cm³/mol. The molecule has 0 aliphatic carbocycles. The number of hydrogen-bond donors (Lipinski definition) is 0. The minimum absolute atomic E-state index is 1.19. The highest BCUT2D eigenvalue weighted by atomic mass is 14.0. The smallest absolute Gasteiger partial charge is 0.0245 e. The van der Waals surface area contributed by atoms with Crippen LogP contribution in [0.15, 0.2) is 72.8 Å². The molecule has 0 unspecified atom stereocenters. The minimum Gasteiger partial charge on any atom is -0.0563 e. The van der Waals surface area contributed by atoms with Crippen LogP contribution in [-0.4, -0.2) is 0 Å². The molecule has 0 saturated heterocycles. The molecule has 0 aliphatic rings. The van der Waals surface area contributed by atoms with E-state index in [4.69, 9.17) is 0 Å². The molecule has 4 aromatic rings. The molecular formula is C36H36. The number of aryl methyl sites for hydroxylation is 6. The summed E-state index contributed by atoms with van der Waals surface area (Å²) in [7, 11) is 0. The van der Waals surface area contributed by atoms with E-state index in [2.05, 4.69) is 151 Å². The summed E-state index contributed by atoms with van der Waals surface area (Å²) < 4.78 is 0.